The molecule has 0 saturated heterocycles. The molecular formula is C16H16N2S. The number of rotatable bonds is 4. The zero-order valence-corrected chi connectivity index (χ0v) is 11.7. The lowest BCUT2D eigenvalue weighted by atomic mass is 10.1. The number of aromatic nitrogens is 1. The van der Waals surface area contributed by atoms with E-state index in [1.165, 1.54) is 10.9 Å². The molecule has 2 nitrogen and oxygen atoms in total. The zero-order chi connectivity index (χ0) is 13.1. The van der Waals surface area contributed by atoms with Crippen LogP contribution >= 0.6 is 11.3 Å². The monoisotopic (exact) mass is 268 g/mol. The highest BCUT2D eigenvalue weighted by Crippen LogP contribution is 2.16. The van der Waals surface area contributed by atoms with Crippen molar-refractivity contribution in [2.24, 2.45) is 0 Å². The Kier molecular flexibility index (Phi) is 3.58. The van der Waals surface area contributed by atoms with Gasteiger partial charge in [-0.1, -0.05) is 24.3 Å². The minimum atomic E-state index is 0.361. The number of thiophene rings is 1. The van der Waals surface area contributed by atoms with Gasteiger partial charge in [-0.2, -0.15) is 11.3 Å². The Morgan fingerprint density at radius 1 is 1.16 bits per heavy atom. The summed E-state index contributed by atoms with van der Waals surface area (Å²) in [4.78, 5) is 4.67. The highest BCUT2D eigenvalue weighted by molar-refractivity contribution is 7.07. The smallest absolute Gasteiger partial charge is 0.0705 e. The van der Waals surface area contributed by atoms with Crippen LogP contribution in [0.15, 0.2) is 53.2 Å². The van der Waals surface area contributed by atoms with Crippen LogP contribution < -0.4 is 5.32 Å². The normalized spacial score (nSPS) is 12.7. The SMILES string of the molecule is CC(NCc1ccc2ccccc2n1)c1ccsc1. The Morgan fingerprint density at radius 2 is 2.05 bits per heavy atom. The summed E-state index contributed by atoms with van der Waals surface area (Å²) in [7, 11) is 0. The number of nitrogens with one attached hydrogen (secondary N) is 1. The van der Waals surface area contributed by atoms with E-state index in [2.05, 4.69) is 58.3 Å². The minimum Gasteiger partial charge on any atom is -0.305 e. The predicted octanol–water partition coefficient (Wildman–Crippen LogP) is 4.15. The van der Waals surface area contributed by atoms with Crippen LogP contribution in [0.1, 0.15) is 24.2 Å². The van der Waals surface area contributed by atoms with Crippen molar-refractivity contribution in [3.63, 3.8) is 0 Å². The quantitative estimate of drug-likeness (QED) is 0.769. The van der Waals surface area contributed by atoms with Gasteiger partial charge < -0.3 is 5.32 Å². The maximum Gasteiger partial charge on any atom is 0.0705 e. The molecule has 3 aromatic rings. The molecule has 0 aliphatic carbocycles. The number of para-hydroxylation sites is 1. The third kappa shape index (κ3) is 2.83. The number of benzene rings is 1. The maximum absolute atomic E-state index is 4.67. The highest BCUT2D eigenvalue weighted by atomic mass is 32.1. The lowest BCUT2D eigenvalue weighted by molar-refractivity contribution is 0.570. The first-order valence-electron chi connectivity index (χ1n) is 6.43. The molecule has 0 aliphatic heterocycles. The predicted molar refractivity (Wildman–Crippen MR) is 81.3 cm³/mol. The third-order valence-corrected chi connectivity index (χ3v) is 3.99. The molecule has 19 heavy (non-hydrogen) atoms. The number of fused-ring (bicyclic) bond motifs is 1. The maximum atomic E-state index is 4.67. The van der Waals surface area contributed by atoms with E-state index in [0.29, 0.717) is 6.04 Å². The fourth-order valence-corrected chi connectivity index (χ4v) is 2.86. The first-order valence-corrected chi connectivity index (χ1v) is 7.37. The second-order valence-electron chi connectivity index (χ2n) is 4.65. The second-order valence-corrected chi connectivity index (χ2v) is 5.43. The van der Waals surface area contributed by atoms with Crippen molar-refractivity contribution >= 4 is 22.2 Å². The molecule has 1 aromatic carbocycles. The van der Waals surface area contributed by atoms with E-state index in [4.69, 9.17) is 0 Å². The van der Waals surface area contributed by atoms with Crippen molar-refractivity contribution < 1.29 is 0 Å². The molecule has 0 spiro atoms. The standard InChI is InChI=1S/C16H16N2S/c1-12(14-8-9-19-11-14)17-10-15-7-6-13-4-2-3-5-16(13)18-15/h2-9,11-12,17H,10H2,1H3. The minimum absolute atomic E-state index is 0.361. The van der Waals surface area contributed by atoms with Crippen molar-refractivity contribution in [1.82, 2.24) is 10.3 Å². The van der Waals surface area contributed by atoms with Crippen molar-refractivity contribution in [2.45, 2.75) is 19.5 Å². The largest absolute Gasteiger partial charge is 0.305 e. The summed E-state index contributed by atoms with van der Waals surface area (Å²) in [6.07, 6.45) is 0. The Bertz CT molecular complexity index is 661. The molecular weight excluding hydrogens is 252 g/mol. The van der Waals surface area contributed by atoms with Gasteiger partial charge in [0.2, 0.25) is 0 Å². The number of pyridine rings is 1. The molecule has 0 aliphatic rings. The molecule has 0 saturated carbocycles. The van der Waals surface area contributed by atoms with Gasteiger partial charge in [-0.15, -0.1) is 0 Å². The van der Waals surface area contributed by atoms with Gasteiger partial charge in [0, 0.05) is 18.0 Å². The van der Waals surface area contributed by atoms with Gasteiger partial charge in [0.25, 0.3) is 0 Å². The Labute approximate surface area is 117 Å². The molecule has 0 fully saturated rings. The van der Waals surface area contributed by atoms with E-state index in [-0.39, 0.29) is 0 Å². The molecule has 1 N–H and O–H groups in total. The fraction of sp³-hybridized carbons (Fsp3) is 0.188. The molecule has 2 aromatic heterocycles. The number of nitrogens with zero attached hydrogens (tertiary/aromatic N) is 1. The Morgan fingerprint density at radius 3 is 2.89 bits per heavy atom. The average Bonchev–Trinajstić information content (AvgIpc) is 2.99. The summed E-state index contributed by atoms with van der Waals surface area (Å²) >= 11 is 1.74. The molecule has 0 amide bonds. The molecule has 3 rings (SSSR count). The topological polar surface area (TPSA) is 24.9 Å². The van der Waals surface area contributed by atoms with E-state index in [1.807, 2.05) is 12.1 Å². The summed E-state index contributed by atoms with van der Waals surface area (Å²) in [5.74, 6) is 0. The van der Waals surface area contributed by atoms with Crippen LogP contribution in [0.4, 0.5) is 0 Å². The second kappa shape index (κ2) is 5.51. The van der Waals surface area contributed by atoms with E-state index < -0.39 is 0 Å². The van der Waals surface area contributed by atoms with Crippen molar-refractivity contribution in [3.05, 3.63) is 64.5 Å². The van der Waals surface area contributed by atoms with Gasteiger partial charge in [0.1, 0.15) is 0 Å². The van der Waals surface area contributed by atoms with Gasteiger partial charge in [0.05, 0.1) is 11.2 Å². The van der Waals surface area contributed by atoms with Gasteiger partial charge in [-0.3, -0.25) is 4.98 Å². The van der Waals surface area contributed by atoms with Gasteiger partial charge >= 0.3 is 0 Å². The van der Waals surface area contributed by atoms with Gasteiger partial charge in [-0.25, -0.2) is 0 Å². The Hall–Kier alpha value is -1.71. The average molecular weight is 268 g/mol. The third-order valence-electron chi connectivity index (χ3n) is 3.29. The summed E-state index contributed by atoms with van der Waals surface area (Å²) < 4.78 is 0. The first kappa shape index (κ1) is 12.3. The highest BCUT2D eigenvalue weighted by Gasteiger charge is 2.05. The number of hydrogen-bond donors (Lipinski definition) is 1. The molecule has 0 radical (unpaired) electrons. The van der Waals surface area contributed by atoms with Crippen LogP contribution in [-0.2, 0) is 6.54 Å². The van der Waals surface area contributed by atoms with Crippen molar-refractivity contribution in [3.8, 4) is 0 Å². The van der Waals surface area contributed by atoms with E-state index in [9.17, 15) is 0 Å². The van der Waals surface area contributed by atoms with Crippen LogP contribution in [-0.4, -0.2) is 4.98 Å². The van der Waals surface area contributed by atoms with Crippen LogP contribution in [0.2, 0.25) is 0 Å². The molecule has 96 valence electrons. The summed E-state index contributed by atoms with van der Waals surface area (Å²) in [6.45, 7) is 2.98. The van der Waals surface area contributed by atoms with Crippen LogP contribution in [0, 0.1) is 0 Å². The van der Waals surface area contributed by atoms with Crippen LogP contribution in [0.3, 0.4) is 0 Å². The molecule has 0 bridgehead atoms. The molecule has 1 unspecified atom stereocenters. The zero-order valence-electron chi connectivity index (χ0n) is 10.8. The lowest BCUT2D eigenvalue weighted by Crippen LogP contribution is -2.18. The van der Waals surface area contributed by atoms with E-state index >= 15 is 0 Å². The summed E-state index contributed by atoms with van der Waals surface area (Å²) in [5, 5.41) is 9.00. The number of hydrogen-bond acceptors (Lipinski definition) is 3. The summed E-state index contributed by atoms with van der Waals surface area (Å²) in [6, 6.07) is 15.0. The first-order chi connectivity index (χ1) is 9.33. The van der Waals surface area contributed by atoms with Gasteiger partial charge in [-0.05, 0) is 41.4 Å². The van der Waals surface area contributed by atoms with E-state index in [0.717, 1.165) is 17.8 Å². The van der Waals surface area contributed by atoms with Crippen molar-refractivity contribution in [2.75, 3.05) is 0 Å². The molecule has 3 heteroatoms. The van der Waals surface area contributed by atoms with Crippen molar-refractivity contribution in [1.29, 1.82) is 0 Å². The fourth-order valence-electron chi connectivity index (χ4n) is 2.10. The summed E-state index contributed by atoms with van der Waals surface area (Å²) in [5.41, 5.74) is 3.48. The van der Waals surface area contributed by atoms with Gasteiger partial charge in [0.15, 0.2) is 0 Å². The van der Waals surface area contributed by atoms with Crippen LogP contribution in [0.25, 0.3) is 10.9 Å². The molecule has 2 heterocycles. The lowest BCUT2D eigenvalue weighted by Gasteiger charge is -2.12. The molecule has 1 atom stereocenters. The van der Waals surface area contributed by atoms with Crippen LogP contribution in [0.5, 0.6) is 0 Å². The Balaban J connectivity index is 1.71. The van der Waals surface area contributed by atoms with E-state index in [1.54, 1.807) is 11.3 Å².